The summed E-state index contributed by atoms with van der Waals surface area (Å²) in [4.78, 5) is 12.7. The van der Waals surface area contributed by atoms with Crippen molar-refractivity contribution in [2.24, 2.45) is 0 Å². The first kappa shape index (κ1) is 23.8. The highest BCUT2D eigenvalue weighted by atomic mass is 35.5. The Morgan fingerprint density at radius 1 is 0.938 bits per heavy atom. The molecule has 3 rings (SSSR count). The molecule has 0 spiro atoms. The first-order chi connectivity index (χ1) is 15.3. The Morgan fingerprint density at radius 3 is 2.28 bits per heavy atom. The van der Waals surface area contributed by atoms with E-state index in [1.807, 2.05) is 19.9 Å². The molecule has 0 fully saturated rings. The number of benzene rings is 3. The Kier molecular flexibility index (Phi) is 7.94. The first-order valence-electron chi connectivity index (χ1n) is 10.4. The van der Waals surface area contributed by atoms with Gasteiger partial charge in [0.1, 0.15) is 6.54 Å². The highest BCUT2D eigenvalue weighted by molar-refractivity contribution is 7.92. The van der Waals surface area contributed by atoms with Crippen LogP contribution in [0.1, 0.15) is 23.1 Å². The summed E-state index contributed by atoms with van der Waals surface area (Å²) in [5.74, 6) is -0.354. The lowest BCUT2D eigenvalue weighted by Gasteiger charge is -2.24. The fraction of sp³-hybridized carbons (Fsp3) is 0.240. The van der Waals surface area contributed by atoms with Gasteiger partial charge in [-0.3, -0.25) is 9.10 Å². The minimum atomic E-state index is -3.95. The van der Waals surface area contributed by atoms with Crippen molar-refractivity contribution in [3.05, 3.63) is 94.5 Å². The zero-order chi connectivity index (χ0) is 23.1. The molecule has 0 unspecified atom stereocenters. The number of rotatable bonds is 9. The van der Waals surface area contributed by atoms with Gasteiger partial charge in [-0.2, -0.15) is 0 Å². The van der Waals surface area contributed by atoms with Gasteiger partial charge in [-0.1, -0.05) is 53.6 Å². The summed E-state index contributed by atoms with van der Waals surface area (Å²) >= 11 is 5.91. The minimum Gasteiger partial charge on any atom is -0.355 e. The van der Waals surface area contributed by atoms with Crippen molar-refractivity contribution in [3.63, 3.8) is 0 Å². The van der Waals surface area contributed by atoms with Crippen molar-refractivity contribution in [1.82, 2.24) is 5.32 Å². The quantitative estimate of drug-likeness (QED) is 0.452. The Balaban J connectivity index is 1.70. The lowest BCUT2D eigenvalue weighted by molar-refractivity contribution is -0.119. The highest BCUT2D eigenvalue weighted by Crippen LogP contribution is 2.25. The van der Waals surface area contributed by atoms with Crippen LogP contribution in [0, 0.1) is 13.8 Å². The van der Waals surface area contributed by atoms with E-state index in [0.717, 1.165) is 22.7 Å². The standard InChI is InChI=1S/C25H27ClN2O3S/c1-19-8-10-21(11-9-19)6-4-16-27-25(29)18-28(23-7-3-5-20(2)17-23)32(30,31)24-14-12-22(26)13-15-24/h3,5,7-15,17H,4,6,16,18H2,1-2H3,(H,27,29). The van der Waals surface area contributed by atoms with Gasteiger partial charge in [0.05, 0.1) is 10.6 Å². The molecule has 168 valence electrons. The fourth-order valence-electron chi connectivity index (χ4n) is 3.29. The van der Waals surface area contributed by atoms with E-state index in [0.29, 0.717) is 17.3 Å². The van der Waals surface area contributed by atoms with Crippen LogP contribution in [-0.4, -0.2) is 27.4 Å². The molecule has 0 aliphatic rings. The molecule has 0 aliphatic heterocycles. The summed E-state index contributed by atoms with van der Waals surface area (Å²) in [6.45, 7) is 4.08. The molecule has 0 heterocycles. The first-order valence-corrected chi connectivity index (χ1v) is 12.2. The molecule has 3 aromatic carbocycles. The van der Waals surface area contributed by atoms with Gasteiger partial charge in [-0.25, -0.2) is 8.42 Å². The number of aryl methyl sites for hydroxylation is 3. The van der Waals surface area contributed by atoms with Gasteiger partial charge in [0, 0.05) is 11.6 Å². The van der Waals surface area contributed by atoms with Crippen LogP contribution in [0.3, 0.4) is 0 Å². The monoisotopic (exact) mass is 470 g/mol. The topological polar surface area (TPSA) is 66.5 Å². The van der Waals surface area contributed by atoms with Gasteiger partial charge in [0.15, 0.2) is 0 Å². The molecule has 5 nitrogen and oxygen atoms in total. The number of anilines is 1. The maximum atomic E-state index is 13.3. The van der Waals surface area contributed by atoms with Crippen molar-refractivity contribution in [1.29, 1.82) is 0 Å². The Morgan fingerprint density at radius 2 is 1.62 bits per heavy atom. The molecular weight excluding hydrogens is 444 g/mol. The summed E-state index contributed by atoms with van der Waals surface area (Å²) in [6.07, 6.45) is 1.61. The molecule has 1 amide bonds. The van der Waals surface area contributed by atoms with Crippen LogP contribution in [0.5, 0.6) is 0 Å². The normalized spacial score (nSPS) is 11.2. The smallest absolute Gasteiger partial charge is 0.264 e. The minimum absolute atomic E-state index is 0.0792. The molecule has 3 aromatic rings. The third-order valence-electron chi connectivity index (χ3n) is 5.06. The zero-order valence-electron chi connectivity index (χ0n) is 18.2. The summed E-state index contributed by atoms with van der Waals surface area (Å²) in [5, 5.41) is 3.29. The molecule has 0 aromatic heterocycles. The summed E-state index contributed by atoms with van der Waals surface area (Å²) in [5.41, 5.74) is 3.75. The predicted molar refractivity (Wildman–Crippen MR) is 130 cm³/mol. The molecule has 32 heavy (non-hydrogen) atoms. The van der Waals surface area contributed by atoms with Crippen molar-refractivity contribution in [2.45, 2.75) is 31.6 Å². The number of amides is 1. The number of nitrogens with zero attached hydrogens (tertiary/aromatic N) is 1. The van der Waals surface area contributed by atoms with Crippen LogP contribution in [-0.2, 0) is 21.2 Å². The fourth-order valence-corrected chi connectivity index (χ4v) is 4.83. The van der Waals surface area contributed by atoms with E-state index < -0.39 is 10.0 Å². The average Bonchev–Trinajstić information content (AvgIpc) is 2.76. The van der Waals surface area contributed by atoms with Crippen LogP contribution in [0.2, 0.25) is 5.02 Å². The highest BCUT2D eigenvalue weighted by Gasteiger charge is 2.27. The molecule has 0 aliphatic carbocycles. The van der Waals surface area contributed by atoms with Gasteiger partial charge in [-0.15, -0.1) is 0 Å². The van der Waals surface area contributed by atoms with E-state index in [1.54, 1.807) is 18.2 Å². The van der Waals surface area contributed by atoms with Crippen LogP contribution in [0.25, 0.3) is 0 Å². The number of hydrogen-bond donors (Lipinski definition) is 1. The van der Waals surface area contributed by atoms with Gasteiger partial charge in [-0.05, 0) is 74.2 Å². The van der Waals surface area contributed by atoms with Crippen LogP contribution in [0.4, 0.5) is 5.69 Å². The maximum Gasteiger partial charge on any atom is 0.264 e. The molecule has 0 bridgehead atoms. The van der Waals surface area contributed by atoms with Crippen molar-refractivity contribution in [2.75, 3.05) is 17.4 Å². The second-order valence-electron chi connectivity index (χ2n) is 7.74. The molecular formula is C25H27ClN2O3S. The molecule has 7 heteroatoms. The third-order valence-corrected chi connectivity index (χ3v) is 7.10. The second kappa shape index (κ2) is 10.7. The van der Waals surface area contributed by atoms with E-state index in [9.17, 15) is 13.2 Å². The van der Waals surface area contributed by atoms with Gasteiger partial charge >= 0.3 is 0 Å². The summed E-state index contributed by atoms with van der Waals surface area (Å²) in [7, 11) is -3.95. The predicted octanol–water partition coefficient (Wildman–Crippen LogP) is 4.90. The second-order valence-corrected chi connectivity index (χ2v) is 10.0. The molecule has 1 N–H and O–H groups in total. The van der Waals surface area contributed by atoms with Crippen LogP contribution in [0.15, 0.2) is 77.7 Å². The largest absolute Gasteiger partial charge is 0.355 e. The van der Waals surface area contributed by atoms with E-state index in [2.05, 4.69) is 29.6 Å². The average molecular weight is 471 g/mol. The molecule has 0 saturated heterocycles. The van der Waals surface area contributed by atoms with Gasteiger partial charge in [0.2, 0.25) is 5.91 Å². The Hall–Kier alpha value is -2.83. The summed E-state index contributed by atoms with van der Waals surface area (Å²) < 4.78 is 27.8. The number of nitrogens with one attached hydrogen (secondary N) is 1. The Bertz CT molecular complexity index is 1160. The van der Waals surface area contributed by atoms with E-state index in [1.165, 1.54) is 35.4 Å². The van der Waals surface area contributed by atoms with Crippen molar-refractivity contribution in [3.8, 4) is 0 Å². The lowest BCUT2D eigenvalue weighted by atomic mass is 10.1. The van der Waals surface area contributed by atoms with Crippen molar-refractivity contribution < 1.29 is 13.2 Å². The molecule has 0 radical (unpaired) electrons. The summed E-state index contributed by atoms with van der Waals surface area (Å²) in [6, 6.07) is 21.3. The SMILES string of the molecule is Cc1ccc(CCCNC(=O)CN(c2cccc(C)c2)S(=O)(=O)c2ccc(Cl)cc2)cc1. The van der Waals surface area contributed by atoms with Crippen molar-refractivity contribution >= 4 is 33.2 Å². The van der Waals surface area contributed by atoms with Crippen LogP contribution < -0.4 is 9.62 Å². The molecule has 0 saturated carbocycles. The lowest BCUT2D eigenvalue weighted by Crippen LogP contribution is -2.41. The zero-order valence-corrected chi connectivity index (χ0v) is 19.8. The van der Waals surface area contributed by atoms with Crippen LogP contribution >= 0.6 is 11.6 Å². The van der Waals surface area contributed by atoms with Gasteiger partial charge in [0.25, 0.3) is 10.0 Å². The number of halogens is 1. The van der Waals surface area contributed by atoms with E-state index >= 15 is 0 Å². The molecule has 0 atom stereocenters. The van der Waals surface area contributed by atoms with Gasteiger partial charge < -0.3 is 5.32 Å². The Labute approximate surface area is 195 Å². The maximum absolute atomic E-state index is 13.3. The van der Waals surface area contributed by atoms with E-state index in [-0.39, 0.29) is 17.3 Å². The number of sulfonamides is 1. The third kappa shape index (κ3) is 6.34. The number of hydrogen-bond acceptors (Lipinski definition) is 3. The van der Waals surface area contributed by atoms with E-state index in [4.69, 9.17) is 11.6 Å². The number of carbonyl (C=O) groups is 1. The number of carbonyl (C=O) groups excluding carboxylic acids is 1.